The SMILES string of the molecule is CCC1CN(C2CCCOC2)C(c2ccccc2)CN1. The van der Waals surface area contributed by atoms with Gasteiger partial charge in [0.05, 0.1) is 6.61 Å². The van der Waals surface area contributed by atoms with E-state index in [0.29, 0.717) is 18.1 Å². The molecule has 1 N–H and O–H groups in total. The minimum Gasteiger partial charge on any atom is -0.380 e. The molecule has 1 aromatic rings. The van der Waals surface area contributed by atoms with Gasteiger partial charge >= 0.3 is 0 Å². The number of nitrogens with one attached hydrogen (secondary N) is 1. The molecule has 0 aliphatic carbocycles. The molecule has 2 heterocycles. The van der Waals surface area contributed by atoms with Crippen LogP contribution in [0.5, 0.6) is 0 Å². The van der Waals surface area contributed by atoms with Crippen molar-refractivity contribution in [2.75, 3.05) is 26.3 Å². The Hall–Kier alpha value is -0.900. The van der Waals surface area contributed by atoms with Crippen molar-refractivity contribution in [3.63, 3.8) is 0 Å². The van der Waals surface area contributed by atoms with E-state index >= 15 is 0 Å². The number of benzene rings is 1. The lowest BCUT2D eigenvalue weighted by atomic mass is 9.96. The molecule has 3 heteroatoms. The predicted molar refractivity (Wildman–Crippen MR) is 81.8 cm³/mol. The number of hydrogen-bond donors (Lipinski definition) is 1. The van der Waals surface area contributed by atoms with Crippen LogP contribution < -0.4 is 5.32 Å². The second-order valence-electron chi connectivity index (χ2n) is 6.01. The Balaban J connectivity index is 1.79. The topological polar surface area (TPSA) is 24.5 Å². The summed E-state index contributed by atoms with van der Waals surface area (Å²) in [5.74, 6) is 0. The molecule has 2 fully saturated rings. The molecule has 20 heavy (non-hydrogen) atoms. The fourth-order valence-corrected chi connectivity index (χ4v) is 3.49. The van der Waals surface area contributed by atoms with Crippen LogP contribution in [-0.2, 0) is 4.74 Å². The molecule has 3 unspecified atom stereocenters. The van der Waals surface area contributed by atoms with Gasteiger partial charge in [0.1, 0.15) is 0 Å². The van der Waals surface area contributed by atoms with Crippen molar-refractivity contribution in [2.45, 2.75) is 44.3 Å². The summed E-state index contributed by atoms with van der Waals surface area (Å²) in [6, 6.07) is 12.6. The Kier molecular flexibility index (Phi) is 4.71. The van der Waals surface area contributed by atoms with Crippen molar-refractivity contribution in [2.24, 2.45) is 0 Å². The fourth-order valence-electron chi connectivity index (χ4n) is 3.49. The summed E-state index contributed by atoms with van der Waals surface area (Å²) >= 11 is 0. The lowest BCUT2D eigenvalue weighted by Crippen LogP contribution is -2.56. The van der Waals surface area contributed by atoms with Crippen LogP contribution in [0, 0.1) is 0 Å². The summed E-state index contributed by atoms with van der Waals surface area (Å²) in [7, 11) is 0. The predicted octanol–water partition coefficient (Wildman–Crippen LogP) is 2.59. The first kappa shape index (κ1) is 14.1. The monoisotopic (exact) mass is 274 g/mol. The molecule has 0 saturated carbocycles. The van der Waals surface area contributed by atoms with Gasteiger partial charge in [0.2, 0.25) is 0 Å². The zero-order chi connectivity index (χ0) is 13.8. The third kappa shape index (κ3) is 3.05. The summed E-state index contributed by atoms with van der Waals surface area (Å²) in [5.41, 5.74) is 1.43. The van der Waals surface area contributed by atoms with Crippen LogP contribution in [0.1, 0.15) is 37.8 Å². The molecule has 1 aromatic carbocycles. The molecule has 0 spiro atoms. The van der Waals surface area contributed by atoms with Gasteiger partial charge in [-0.3, -0.25) is 4.90 Å². The number of nitrogens with zero attached hydrogens (tertiary/aromatic N) is 1. The molecule has 2 saturated heterocycles. The molecule has 110 valence electrons. The van der Waals surface area contributed by atoms with E-state index < -0.39 is 0 Å². The van der Waals surface area contributed by atoms with Crippen molar-refractivity contribution in [1.29, 1.82) is 0 Å². The molecular formula is C17H26N2O. The Morgan fingerprint density at radius 1 is 1.30 bits per heavy atom. The Labute approximate surface area is 122 Å². The molecule has 3 atom stereocenters. The highest BCUT2D eigenvalue weighted by atomic mass is 16.5. The standard InChI is InChI=1S/C17H26N2O/c1-2-15-12-19(16-9-6-10-20-13-16)17(11-18-15)14-7-4-3-5-8-14/h3-5,7-8,15-18H,2,6,9-13H2,1H3. The Morgan fingerprint density at radius 2 is 2.15 bits per heavy atom. The molecular weight excluding hydrogens is 248 g/mol. The summed E-state index contributed by atoms with van der Waals surface area (Å²) in [6.07, 6.45) is 3.68. The van der Waals surface area contributed by atoms with Crippen LogP contribution in [-0.4, -0.2) is 43.3 Å². The van der Waals surface area contributed by atoms with Crippen molar-refractivity contribution >= 4 is 0 Å². The van der Waals surface area contributed by atoms with E-state index in [-0.39, 0.29) is 0 Å². The highest BCUT2D eigenvalue weighted by Crippen LogP contribution is 2.29. The van der Waals surface area contributed by atoms with Gasteiger partial charge in [-0.25, -0.2) is 0 Å². The normalized spacial score (nSPS) is 32.1. The molecule has 3 nitrogen and oxygen atoms in total. The largest absolute Gasteiger partial charge is 0.380 e. The lowest BCUT2D eigenvalue weighted by molar-refractivity contribution is -0.0163. The van der Waals surface area contributed by atoms with Crippen LogP contribution in [0.4, 0.5) is 0 Å². The number of hydrogen-bond acceptors (Lipinski definition) is 3. The highest BCUT2D eigenvalue weighted by Gasteiger charge is 2.33. The van der Waals surface area contributed by atoms with E-state index in [1.54, 1.807) is 0 Å². The summed E-state index contributed by atoms with van der Waals surface area (Å²) in [6.45, 7) is 6.31. The minimum absolute atomic E-state index is 0.491. The first-order valence-corrected chi connectivity index (χ1v) is 8.00. The zero-order valence-corrected chi connectivity index (χ0v) is 12.4. The van der Waals surface area contributed by atoms with Gasteiger partial charge in [-0.05, 0) is 24.8 Å². The van der Waals surface area contributed by atoms with Crippen molar-refractivity contribution in [3.05, 3.63) is 35.9 Å². The van der Waals surface area contributed by atoms with Crippen LogP contribution in [0.25, 0.3) is 0 Å². The lowest BCUT2D eigenvalue weighted by Gasteiger charge is -2.45. The van der Waals surface area contributed by atoms with Crippen LogP contribution in [0.3, 0.4) is 0 Å². The van der Waals surface area contributed by atoms with Gasteiger partial charge in [-0.15, -0.1) is 0 Å². The molecule has 2 aliphatic rings. The third-order valence-corrected chi connectivity index (χ3v) is 4.71. The van der Waals surface area contributed by atoms with Crippen LogP contribution >= 0.6 is 0 Å². The van der Waals surface area contributed by atoms with E-state index in [4.69, 9.17) is 4.74 Å². The zero-order valence-electron chi connectivity index (χ0n) is 12.4. The second kappa shape index (κ2) is 6.70. The Morgan fingerprint density at radius 3 is 2.85 bits per heavy atom. The number of rotatable bonds is 3. The number of ether oxygens (including phenoxy) is 1. The quantitative estimate of drug-likeness (QED) is 0.917. The maximum atomic E-state index is 5.73. The fraction of sp³-hybridized carbons (Fsp3) is 0.647. The average Bonchev–Trinajstić information content (AvgIpc) is 2.56. The van der Waals surface area contributed by atoms with Gasteiger partial charge in [0.25, 0.3) is 0 Å². The first-order valence-electron chi connectivity index (χ1n) is 8.00. The summed E-state index contributed by atoms with van der Waals surface area (Å²) in [5, 5.41) is 3.70. The molecule has 0 bridgehead atoms. The molecule has 0 radical (unpaired) electrons. The highest BCUT2D eigenvalue weighted by molar-refractivity contribution is 5.20. The van der Waals surface area contributed by atoms with Gasteiger partial charge in [0, 0.05) is 37.8 Å². The van der Waals surface area contributed by atoms with E-state index in [0.717, 1.165) is 26.3 Å². The van der Waals surface area contributed by atoms with E-state index in [9.17, 15) is 0 Å². The number of piperazine rings is 1. The van der Waals surface area contributed by atoms with Gasteiger partial charge < -0.3 is 10.1 Å². The average molecular weight is 274 g/mol. The van der Waals surface area contributed by atoms with Gasteiger partial charge in [-0.1, -0.05) is 37.3 Å². The molecule has 0 aromatic heterocycles. The van der Waals surface area contributed by atoms with Crippen LogP contribution in [0.2, 0.25) is 0 Å². The molecule has 2 aliphatic heterocycles. The van der Waals surface area contributed by atoms with Crippen molar-refractivity contribution in [1.82, 2.24) is 10.2 Å². The smallest absolute Gasteiger partial charge is 0.0622 e. The van der Waals surface area contributed by atoms with Gasteiger partial charge in [0.15, 0.2) is 0 Å². The maximum absolute atomic E-state index is 5.73. The first-order chi connectivity index (χ1) is 9.88. The second-order valence-corrected chi connectivity index (χ2v) is 6.01. The van der Waals surface area contributed by atoms with E-state index in [2.05, 4.69) is 47.5 Å². The van der Waals surface area contributed by atoms with Crippen molar-refractivity contribution in [3.8, 4) is 0 Å². The Bertz CT molecular complexity index is 403. The summed E-state index contributed by atoms with van der Waals surface area (Å²) in [4.78, 5) is 2.69. The summed E-state index contributed by atoms with van der Waals surface area (Å²) < 4.78 is 5.73. The van der Waals surface area contributed by atoms with E-state index in [1.807, 2.05) is 0 Å². The molecule has 3 rings (SSSR count). The third-order valence-electron chi connectivity index (χ3n) is 4.71. The van der Waals surface area contributed by atoms with Crippen LogP contribution in [0.15, 0.2) is 30.3 Å². The maximum Gasteiger partial charge on any atom is 0.0622 e. The van der Waals surface area contributed by atoms with Gasteiger partial charge in [-0.2, -0.15) is 0 Å². The van der Waals surface area contributed by atoms with Crippen molar-refractivity contribution < 1.29 is 4.74 Å². The minimum atomic E-state index is 0.491. The molecule has 0 amide bonds. The van der Waals surface area contributed by atoms with E-state index in [1.165, 1.54) is 24.8 Å².